The van der Waals surface area contributed by atoms with Crippen molar-refractivity contribution in [2.75, 3.05) is 15.9 Å². The van der Waals surface area contributed by atoms with E-state index < -0.39 is 22.0 Å². The molecule has 0 radical (unpaired) electrons. The number of benzene rings is 4. The van der Waals surface area contributed by atoms with Crippen molar-refractivity contribution in [3.63, 3.8) is 0 Å². The van der Waals surface area contributed by atoms with Crippen molar-refractivity contribution in [2.45, 2.75) is 25.9 Å². The number of ether oxygens (including phenoxy) is 1. The average molecular weight is 558 g/mol. The molecule has 0 fully saturated rings. The fourth-order valence-corrected chi connectivity index (χ4v) is 5.40. The molecule has 2 N–H and O–H groups in total. The molecular formula is C31H31N3O5S. The smallest absolute Gasteiger partial charge is 0.253 e. The van der Waals surface area contributed by atoms with E-state index >= 15 is 0 Å². The number of carbonyl (C=O) groups is 2. The second-order valence-electron chi connectivity index (χ2n) is 9.28. The van der Waals surface area contributed by atoms with E-state index in [9.17, 15) is 18.0 Å². The van der Waals surface area contributed by atoms with Crippen LogP contribution in [0.4, 0.5) is 11.4 Å². The third-order valence-electron chi connectivity index (χ3n) is 6.24. The van der Waals surface area contributed by atoms with E-state index in [4.69, 9.17) is 4.74 Å². The van der Waals surface area contributed by atoms with Gasteiger partial charge in [-0.1, -0.05) is 60.7 Å². The summed E-state index contributed by atoms with van der Waals surface area (Å²) in [7, 11) is -3.85. The van der Waals surface area contributed by atoms with Gasteiger partial charge in [0.2, 0.25) is 15.9 Å². The van der Waals surface area contributed by atoms with Gasteiger partial charge in [-0.05, 0) is 67.9 Å². The predicted molar refractivity (Wildman–Crippen MR) is 157 cm³/mol. The van der Waals surface area contributed by atoms with Gasteiger partial charge in [-0.3, -0.25) is 13.9 Å². The zero-order valence-corrected chi connectivity index (χ0v) is 23.3. The summed E-state index contributed by atoms with van der Waals surface area (Å²) < 4.78 is 32.4. The largest absolute Gasteiger partial charge is 0.457 e. The first-order valence-electron chi connectivity index (χ1n) is 12.7. The zero-order chi connectivity index (χ0) is 28.7. The SMILES string of the molecule is C[C@H](NC(=O)c1ccccc1NC(=O)[C@H](C)N(c1ccc(Oc2ccccc2)cc1)S(C)(=O)=O)c1ccccc1. The Morgan fingerprint density at radius 2 is 1.30 bits per heavy atom. The van der Waals surface area contributed by atoms with Crippen LogP contribution in [0.3, 0.4) is 0 Å². The highest BCUT2D eigenvalue weighted by molar-refractivity contribution is 7.92. The minimum absolute atomic E-state index is 0.258. The van der Waals surface area contributed by atoms with Crippen LogP contribution in [0.1, 0.15) is 35.8 Å². The van der Waals surface area contributed by atoms with Crippen LogP contribution < -0.4 is 19.7 Å². The summed E-state index contributed by atoms with van der Waals surface area (Å²) in [6, 6.07) is 30.4. The van der Waals surface area contributed by atoms with Crippen molar-refractivity contribution in [2.24, 2.45) is 0 Å². The Balaban J connectivity index is 1.51. The molecule has 40 heavy (non-hydrogen) atoms. The molecule has 0 saturated carbocycles. The third kappa shape index (κ3) is 7.06. The number of hydrogen-bond donors (Lipinski definition) is 2. The van der Waals surface area contributed by atoms with E-state index in [1.165, 1.54) is 6.92 Å². The minimum atomic E-state index is -3.85. The van der Waals surface area contributed by atoms with Crippen LogP contribution >= 0.6 is 0 Å². The van der Waals surface area contributed by atoms with Crippen LogP contribution in [0.25, 0.3) is 0 Å². The van der Waals surface area contributed by atoms with Crippen LogP contribution in [0.5, 0.6) is 11.5 Å². The number of rotatable bonds is 10. The number of para-hydroxylation sites is 2. The summed E-state index contributed by atoms with van der Waals surface area (Å²) >= 11 is 0. The molecule has 0 bridgehead atoms. The van der Waals surface area contributed by atoms with Crippen molar-refractivity contribution in [1.29, 1.82) is 0 Å². The molecule has 4 aromatic carbocycles. The van der Waals surface area contributed by atoms with Crippen molar-refractivity contribution < 1.29 is 22.7 Å². The minimum Gasteiger partial charge on any atom is -0.457 e. The van der Waals surface area contributed by atoms with Crippen molar-refractivity contribution in [3.05, 3.63) is 120 Å². The van der Waals surface area contributed by atoms with Crippen LogP contribution in [-0.2, 0) is 14.8 Å². The van der Waals surface area contributed by atoms with E-state index in [0.717, 1.165) is 16.1 Å². The highest BCUT2D eigenvalue weighted by Gasteiger charge is 2.30. The standard InChI is InChI=1S/C31H31N3O5S/c1-22(24-12-6-4-7-13-24)32-31(36)28-16-10-11-17-29(28)33-30(35)23(2)34(40(3,37)38)25-18-20-27(21-19-25)39-26-14-8-5-9-15-26/h4-23H,1-3H3,(H,32,36)(H,33,35)/t22-,23-/m0/s1. The van der Waals surface area contributed by atoms with Crippen molar-refractivity contribution in [1.82, 2.24) is 5.32 Å². The van der Waals surface area contributed by atoms with Gasteiger partial charge in [0.05, 0.1) is 29.2 Å². The Morgan fingerprint density at radius 3 is 1.93 bits per heavy atom. The molecule has 4 rings (SSSR count). The lowest BCUT2D eigenvalue weighted by Gasteiger charge is -2.28. The molecule has 0 saturated heterocycles. The van der Waals surface area contributed by atoms with Gasteiger partial charge in [0.1, 0.15) is 17.5 Å². The third-order valence-corrected chi connectivity index (χ3v) is 7.48. The fourth-order valence-electron chi connectivity index (χ4n) is 4.22. The molecule has 0 aliphatic carbocycles. The Kier molecular flexibility index (Phi) is 8.86. The van der Waals surface area contributed by atoms with Crippen molar-refractivity contribution in [3.8, 4) is 11.5 Å². The summed E-state index contributed by atoms with van der Waals surface area (Å²) in [6.45, 7) is 3.36. The second-order valence-corrected chi connectivity index (χ2v) is 11.1. The number of anilines is 2. The normalized spacial score (nSPS) is 12.6. The molecule has 0 heterocycles. The maximum absolute atomic E-state index is 13.3. The molecule has 0 unspecified atom stereocenters. The van der Waals surface area contributed by atoms with Gasteiger partial charge in [0, 0.05) is 0 Å². The van der Waals surface area contributed by atoms with Gasteiger partial charge in [-0.15, -0.1) is 0 Å². The number of amides is 2. The van der Waals surface area contributed by atoms with Crippen LogP contribution in [0, 0.1) is 0 Å². The molecule has 9 heteroatoms. The Hall–Kier alpha value is -4.63. The van der Waals surface area contributed by atoms with Crippen LogP contribution in [0.2, 0.25) is 0 Å². The lowest BCUT2D eigenvalue weighted by molar-refractivity contribution is -0.116. The molecule has 206 valence electrons. The molecule has 8 nitrogen and oxygen atoms in total. The van der Waals surface area contributed by atoms with Gasteiger partial charge < -0.3 is 15.4 Å². The summed E-state index contributed by atoms with van der Waals surface area (Å²) in [4.78, 5) is 26.4. The van der Waals surface area contributed by atoms with E-state index in [1.807, 2.05) is 67.6 Å². The lowest BCUT2D eigenvalue weighted by Crippen LogP contribution is -2.45. The number of sulfonamides is 1. The van der Waals surface area contributed by atoms with E-state index in [0.29, 0.717) is 17.2 Å². The molecule has 2 atom stereocenters. The Bertz CT molecular complexity index is 1560. The van der Waals surface area contributed by atoms with E-state index in [2.05, 4.69) is 10.6 Å². The van der Waals surface area contributed by atoms with Gasteiger partial charge in [-0.2, -0.15) is 0 Å². The van der Waals surface area contributed by atoms with Crippen molar-refractivity contribution >= 4 is 33.2 Å². The average Bonchev–Trinajstić information content (AvgIpc) is 2.94. The summed E-state index contributed by atoms with van der Waals surface area (Å²) in [5.74, 6) is 0.203. The number of nitrogens with one attached hydrogen (secondary N) is 2. The Labute approximate surface area is 234 Å². The van der Waals surface area contributed by atoms with Gasteiger partial charge in [0.15, 0.2) is 0 Å². The molecule has 2 amide bonds. The number of nitrogens with zero attached hydrogens (tertiary/aromatic N) is 1. The molecule has 4 aromatic rings. The lowest BCUT2D eigenvalue weighted by atomic mass is 10.1. The molecule has 0 aliphatic heterocycles. The predicted octanol–water partition coefficient (Wildman–Crippen LogP) is 5.76. The quantitative estimate of drug-likeness (QED) is 0.258. The van der Waals surface area contributed by atoms with Gasteiger partial charge >= 0.3 is 0 Å². The zero-order valence-electron chi connectivity index (χ0n) is 22.4. The van der Waals surface area contributed by atoms with Crippen LogP contribution in [-0.4, -0.2) is 32.5 Å². The summed E-state index contributed by atoms with van der Waals surface area (Å²) in [5.41, 5.74) is 1.78. The van der Waals surface area contributed by atoms with Gasteiger partial charge in [-0.25, -0.2) is 8.42 Å². The first kappa shape index (κ1) is 28.4. The summed E-state index contributed by atoms with van der Waals surface area (Å²) in [5, 5.41) is 5.68. The highest BCUT2D eigenvalue weighted by Crippen LogP contribution is 2.27. The monoisotopic (exact) mass is 557 g/mol. The number of carbonyl (C=O) groups excluding carboxylic acids is 2. The maximum atomic E-state index is 13.3. The second kappa shape index (κ2) is 12.5. The fraction of sp³-hybridized carbons (Fsp3) is 0.161. The van der Waals surface area contributed by atoms with E-state index in [1.54, 1.807) is 48.5 Å². The maximum Gasteiger partial charge on any atom is 0.253 e. The number of hydrogen-bond acceptors (Lipinski definition) is 5. The Morgan fingerprint density at radius 1 is 0.750 bits per heavy atom. The summed E-state index contributed by atoms with van der Waals surface area (Å²) in [6.07, 6.45) is 1.04. The van der Waals surface area contributed by atoms with Crippen LogP contribution in [0.15, 0.2) is 109 Å². The van der Waals surface area contributed by atoms with Gasteiger partial charge in [0.25, 0.3) is 5.91 Å². The first-order chi connectivity index (χ1) is 19.1. The molecule has 0 spiro atoms. The highest BCUT2D eigenvalue weighted by atomic mass is 32.2. The topological polar surface area (TPSA) is 105 Å². The molecular weight excluding hydrogens is 526 g/mol. The van der Waals surface area contributed by atoms with E-state index in [-0.39, 0.29) is 23.2 Å². The molecule has 0 aromatic heterocycles. The first-order valence-corrected chi connectivity index (χ1v) is 14.6. The molecule has 0 aliphatic rings.